The third kappa shape index (κ3) is 3.96. The molecule has 0 amide bonds. The molecule has 0 aromatic carbocycles. The number of hydrogen-bond acceptors (Lipinski definition) is 2. The van der Waals surface area contributed by atoms with E-state index < -0.39 is 0 Å². The lowest BCUT2D eigenvalue weighted by Gasteiger charge is -2.32. The van der Waals surface area contributed by atoms with Crippen molar-refractivity contribution in [2.75, 3.05) is 13.1 Å². The quantitative estimate of drug-likeness (QED) is 0.738. The summed E-state index contributed by atoms with van der Waals surface area (Å²) in [5.74, 6) is 0. The predicted molar refractivity (Wildman–Crippen MR) is 82.8 cm³/mol. The van der Waals surface area contributed by atoms with Gasteiger partial charge in [0.1, 0.15) is 0 Å². The van der Waals surface area contributed by atoms with Gasteiger partial charge in [-0.3, -0.25) is 4.68 Å². The van der Waals surface area contributed by atoms with E-state index in [0.717, 1.165) is 43.1 Å². The zero-order valence-corrected chi connectivity index (χ0v) is 13.8. The molecule has 0 saturated carbocycles. The van der Waals surface area contributed by atoms with E-state index in [1.165, 1.54) is 12.1 Å². The van der Waals surface area contributed by atoms with Crippen molar-refractivity contribution in [2.24, 2.45) is 12.5 Å². The van der Waals surface area contributed by atoms with Gasteiger partial charge in [0.25, 0.3) is 0 Å². The van der Waals surface area contributed by atoms with Crippen molar-refractivity contribution in [2.45, 2.75) is 53.4 Å². The Labute approximate surface area is 122 Å². The molecular formula is C15H28ClN3. The van der Waals surface area contributed by atoms with E-state index in [4.69, 9.17) is 11.6 Å². The van der Waals surface area contributed by atoms with Gasteiger partial charge >= 0.3 is 0 Å². The van der Waals surface area contributed by atoms with Crippen LogP contribution in [0.3, 0.4) is 0 Å². The van der Waals surface area contributed by atoms with Crippen LogP contribution in [0.25, 0.3) is 0 Å². The van der Waals surface area contributed by atoms with Gasteiger partial charge in [0.2, 0.25) is 0 Å². The van der Waals surface area contributed by atoms with Gasteiger partial charge in [-0.2, -0.15) is 5.10 Å². The monoisotopic (exact) mass is 285 g/mol. The second-order valence-electron chi connectivity index (χ2n) is 5.53. The van der Waals surface area contributed by atoms with Crippen LogP contribution in [0.15, 0.2) is 0 Å². The molecule has 1 rings (SSSR count). The fourth-order valence-corrected chi connectivity index (χ4v) is 2.80. The number of rotatable bonds is 8. The summed E-state index contributed by atoms with van der Waals surface area (Å²) in [6.07, 6.45) is 4.48. The lowest BCUT2D eigenvalue weighted by Crippen LogP contribution is -2.36. The Morgan fingerprint density at radius 2 is 1.89 bits per heavy atom. The fraction of sp³-hybridized carbons (Fsp3) is 0.800. The summed E-state index contributed by atoms with van der Waals surface area (Å²) in [5, 5.41) is 8.83. The molecule has 1 aromatic rings. The number of aromatic nitrogens is 2. The molecule has 0 atom stereocenters. The third-order valence-electron chi connectivity index (χ3n) is 4.23. The van der Waals surface area contributed by atoms with Gasteiger partial charge in [-0.25, -0.2) is 0 Å². The molecule has 0 bridgehead atoms. The van der Waals surface area contributed by atoms with Crippen molar-refractivity contribution in [1.29, 1.82) is 0 Å². The Hall–Kier alpha value is -0.540. The van der Waals surface area contributed by atoms with Gasteiger partial charge in [-0.15, -0.1) is 0 Å². The van der Waals surface area contributed by atoms with E-state index in [0.29, 0.717) is 0 Å². The van der Waals surface area contributed by atoms with Crippen molar-refractivity contribution in [1.82, 2.24) is 15.1 Å². The molecule has 110 valence electrons. The highest BCUT2D eigenvalue weighted by atomic mass is 35.5. The molecule has 0 saturated heterocycles. The Morgan fingerprint density at radius 3 is 2.32 bits per heavy atom. The van der Waals surface area contributed by atoms with E-state index in [9.17, 15) is 0 Å². The Balaban J connectivity index is 2.88. The average Bonchev–Trinajstić information content (AvgIpc) is 2.64. The maximum atomic E-state index is 6.39. The molecule has 0 aliphatic heterocycles. The third-order valence-corrected chi connectivity index (χ3v) is 4.72. The molecule has 1 N–H and O–H groups in total. The van der Waals surface area contributed by atoms with Gasteiger partial charge in [-0.05, 0) is 44.6 Å². The summed E-state index contributed by atoms with van der Waals surface area (Å²) in [6, 6.07) is 0. The van der Waals surface area contributed by atoms with Crippen LogP contribution in [0.2, 0.25) is 5.02 Å². The van der Waals surface area contributed by atoms with Crippen LogP contribution in [0, 0.1) is 12.3 Å². The zero-order chi connectivity index (χ0) is 14.5. The SMILES string of the molecule is CCCNCC(CC)(CC)Cc1c(Cl)c(C)nn1C. The second-order valence-corrected chi connectivity index (χ2v) is 5.91. The zero-order valence-electron chi connectivity index (χ0n) is 13.0. The van der Waals surface area contributed by atoms with Crippen LogP contribution in [0.5, 0.6) is 0 Å². The number of nitrogens with one attached hydrogen (secondary N) is 1. The highest BCUT2D eigenvalue weighted by Gasteiger charge is 2.29. The summed E-state index contributed by atoms with van der Waals surface area (Å²) < 4.78 is 1.94. The molecule has 0 aliphatic rings. The molecule has 1 aromatic heterocycles. The molecule has 0 unspecified atom stereocenters. The smallest absolute Gasteiger partial charge is 0.0847 e. The minimum absolute atomic E-state index is 0.277. The van der Waals surface area contributed by atoms with E-state index in [1.54, 1.807) is 0 Å². The minimum Gasteiger partial charge on any atom is -0.316 e. The van der Waals surface area contributed by atoms with Gasteiger partial charge in [-0.1, -0.05) is 32.4 Å². The standard InChI is InChI=1S/C15H28ClN3/c1-6-9-17-11-15(7-2,8-3)10-13-14(16)12(4)18-19(13)5/h17H,6-11H2,1-5H3. The van der Waals surface area contributed by atoms with Crippen molar-refractivity contribution < 1.29 is 0 Å². The predicted octanol–water partition coefficient (Wildman–Crippen LogP) is 3.73. The highest BCUT2D eigenvalue weighted by Crippen LogP contribution is 2.33. The molecule has 0 spiro atoms. The summed E-state index contributed by atoms with van der Waals surface area (Å²) in [4.78, 5) is 0. The summed E-state index contributed by atoms with van der Waals surface area (Å²) in [6.45, 7) is 10.9. The van der Waals surface area contributed by atoms with Crippen LogP contribution >= 0.6 is 11.6 Å². The van der Waals surface area contributed by atoms with Gasteiger partial charge in [0.15, 0.2) is 0 Å². The summed E-state index contributed by atoms with van der Waals surface area (Å²) >= 11 is 6.39. The molecule has 4 heteroatoms. The first-order valence-corrected chi connectivity index (χ1v) is 7.76. The lowest BCUT2D eigenvalue weighted by atomic mass is 9.78. The number of halogens is 1. The first-order chi connectivity index (χ1) is 8.99. The number of hydrogen-bond donors (Lipinski definition) is 1. The molecule has 0 aliphatic carbocycles. The van der Waals surface area contributed by atoms with Crippen LogP contribution in [0.1, 0.15) is 51.4 Å². The first kappa shape index (κ1) is 16.5. The largest absolute Gasteiger partial charge is 0.316 e. The molecule has 3 nitrogen and oxygen atoms in total. The average molecular weight is 286 g/mol. The van der Waals surface area contributed by atoms with Gasteiger partial charge < -0.3 is 5.32 Å². The van der Waals surface area contributed by atoms with Gasteiger partial charge in [0.05, 0.1) is 16.4 Å². The fourth-order valence-electron chi connectivity index (χ4n) is 2.57. The van der Waals surface area contributed by atoms with E-state index >= 15 is 0 Å². The number of nitrogens with zero attached hydrogens (tertiary/aromatic N) is 2. The summed E-state index contributed by atoms with van der Waals surface area (Å²) in [7, 11) is 1.99. The Bertz CT molecular complexity index is 394. The topological polar surface area (TPSA) is 29.9 Å². The normalized spacial score (nSPS) is 12.1. The van der Waals surface area contributed by atoms with Crippen LogP contribution < -0.4 is 5.32 Å². The van der Waals surface area contributed by atoms with Gasteiger partial charge in [0, 0.05) is 13.6 Å². The number of aryl methyl sites for hydroxylation is 2. The van der Waals surface area contributed by atoms with Crippen molar-refractivity contribution in [3.8, 4) is 0 Å². The van der Waals surface area contributed by atoms with E-state index in [-0.39, 0.29) is 5.41 Å². The first-order valence-electron chi connectivity index (χ1n) is 7.38. The Kier molecular flexibility index (Phi) is 6.34. The van der Waals surface area contributed by atoms with Crippen molar-refractivity contribution >= 4 is 11.6 Å². The van der Waals surface area contributed by atoms with Crippen molar-refractivity contribution in [3.05, 3.63) is 16.4 Å². The summed E-state index contributed by atoms with van der Waals surface area (Å²) in [5.41, 5.74) is 2.38. The minimum atomic E-state index is 0.277. The van der Waals surface area contributed by atoms with Crippen LogP contribution in [-0.2, 0) is 13.5 Å². The van der Waals surface area contributed by atoms with Crippen molar-refractivity contribution in [3.63, 3.8) is 0 Å². The maximum absolute atomic E-state index is 6.39. The second kappa shape index (κ2) is 7.30. The maximum Gasteiger partial charge on any atom is 0.0847 e. The van der Waals surface area contributed by atoms with E-state index in [1.807, 2.05) is 18.7 Å². The molecule has 1 heterocycles. The Morgan fingerprint density at radius 1 is 1.26 bits per heavy atom. The molecular weight excluding hydrogens is 258 g/mol. The molecule has 0 fully saturated rings. The lowest BCUT2D eigenvalue weighted by molar-refractivity contribution is 0.242. The van der Waals surface area contributed by atoms with Crippen LogP contribution in [-0.4, -0.2) is 22.9 Å². The highest BCUT2D eigenvalue weighted by molar-refractivity contribution is 6.31. The van der Waals surface area contributed by atoms with E-state index in [2.05, 4.69) is 31.2 Å². The molecule has 0 radical (unpaired) electrons. The molecule has 19 heavy (non-hydrogen) atoms. The van der Waals surface area contributed by atoms with Crippen LogP contribution in [0.4, 0.5) is 0 Å².